The molecule has 0 amide bonds. The first-order valence-corrected chi connectivity index (χ1v) is 9.47. The van der Waals surface area contributed by atoms with Crippen molar-refractivity contribution in [2.24, 2.45) is 4.99 Å². The number of likely N-dealkylation sites (N-methyl/N-ethyl adjacent to an activating group) is 1. The van der Waals surface area contributed by atoms with Crippen LogP contribution in [0.2, 0.25) is 0 Å². The summed E-state index contributed by atoms with van der Waals surface area (Å²) in [6.07, 6.45) is 0.976. The van der Waals surface area contributed by atoms with E-state index in [0.717, 1.165) is 56.6 Å². The Balaban J connectivity index is 0.00000364. The van der Waals surface area contributed by atoms with Gasteiger partial charge in [0.05, 0.1) is 14.2 Å². The molecule has 2 rings (SSSR count). The monoisotopic (exact) mass is 490 g/mol. The van der Waals surface area contributed by atoms with E-state index >= 15 is 0 Å². The van der Waals surface area contributed by atoms with Gasteiger partial charge in [-0.25, -0.2) is 0 Å². The number of fused-ring (bicyclic) bond motifs is 1. The molecule has 1 N–H and O–H groups in total. The molecule has 0 bridgehead atoms. The second-order valence-corrected chi connectivity index (χ2v) is 6.84. The maximum atomic E-state index is 5.46. The van der Waals surface area contributed by atoms with Crippen LogP contribution in [-0.4, -0.2) is 69.2 Å². The van der Waals surface area contributed by atoms with Gasteiger partial charge in [-0.15, -0.1) is 24.0 Å². The highest BCUT2D eigenvalue weighted by Crippen LogP contribution is 2.33. The Bertz CT molecular complexity index is 622. The average molecular weight is 490 g/mol. The number of ether oxygens (including phenoxy) is 2. The molecule has 1 aliphatic rings. The van der Waals surface area contributed by atoms with Crippen molar-refractivity contribution in [3.63, 3.8) is 0 Å². The van der Waals surface area contributed by atoms with E-state index in [1.54, 1.807) is 14.2 Å². The number of halogens is 1. The topological polar surface area (TPSA) is 49.3 Å². The minimum Gasteiger partial charge on any atom is -0.493 e. The van der Waals surface area contributed by atoms with E-state index in [9.17, 15) is 0 Å². The van der Waals surface area contributed by atoms with Crippen LogP contribution in [0.5, 0.6) is 11.5 Å². The van der Waals surface area contributed by atoms with Crippen LogP contribution in [0.15, 0.2) is 17.1 Å². The molecule has 0 saturated carbocycles. The Morgan fingerprint density at radius 3 is 2.37 bits per heavy atom. The van der Waals surface area contributed by atoms with Crippen LogP contribution in [0.3, 0.4) is 0 Å². The lowest BCUT2D eigenvalue weighted by atomic mass is 9.99. The smallest absolute Gasteiger partial charge is 0.194 e. The lowest BCUT2D eigenvalue weighted by Crippen LogP contribution is -2.46. The Labute approximate surface area is 181 Å². The molecule has 154 valence electrons. The standard InChI is InChI=1S/C20H34N4O2.HI/c1-7-23(15(2)3)11-9-22-20(21-4)24-10-8-16-12-18(25-5)19(26-6)13-17(16)14-24;/h12-13,15H,7-11,14H2,1-6H3,(H,21,22);1H. The van der Waals surface area contributed by atoms with Crippen molar-refractivity contribution in [1.82, 2.24) is 15.1 Å². The number of benzene rings is 1. The molecule has 1 aromatic carbocycles. The van der Waals surface area contributed by atoms with Crippen molar-refractivity contribution in [2.75, 3.05) is 47.4 Å². The van der Waals surface area contributed by atoms with Crippen LogP contribution in [0.25, 0.3) is 0 Å². The van der Waals surface area contributed by atoms with Crippen LogP contribution in [-0.2, 0) is 13.0 Å². The highest BCUT2D eigenvalue weighted by atomic mass is 127. The maximum absolute atomic E-state index is 5.46. The van der Waals surface area contributed by atoms with Crippen LogP contribution in [0.4, 0.5) is 0 Å². The quantitative estimate of drug-likeness (QED) is 0.362. The number of nitrogens with one attached hydrogen (secondary N) is 1. The highest BCUT2D eigenvalue weighted by Gasteiger charge is 2.21. The first-order valence-electron chi connectivity index (χ1n) is 9.47. The van der Waals surface area contributed by atoms with Gasteiger partial charge in [-0.3, -0.25) is 9.89 Å². The zero-order chi connectivity index (χ0) is 19.1. The third-order valence-electron chi connectivity index (χ3n) is 5.05. The molecule has 0 aromatic heterocycles. The first-order chi connectivity index (χ1) is 12.5. The molecule has 1 aromatic rings. The fraction of sp³-hybridized carbons (Fsp3) is 0.650. The van der Waals surface area contributed by atoms with Crippen LogP contribution in [0, 0.1) is 0 Å². The summed E-state index contributed by atoms with van der Waals surface area (Å²) in [4.78, 5) is 9.24. The molecule has 27 heavy (non-hydrogen) atoms. The first kappa shape index (κ1) is 23.8. The number of methoxy groups -OCH3 is 2. The van der Waals surface area contributed by atoms with Crippen molar-refractivity contribution in [1.29, 1.82) is 0 Å². The van der Waals surface area contributed by atoms with Gasteiger partial charge in [-0.1, -0.05) is 6.92 Å². The summed E-state index contributed by atoms with van der Waals surface area (Å²) < 4.78 is 10.9. The molecule has 1 heterocycles. The molecule has 0 atom stereocenters. The van der Waals surface area contributed by atoms with Gasteiger partial charge in [0.2, 0.25) is 0 Å². The normalized spacial score (nSPS) is 14.1. The number of guanidine groups is 1. The lowest BCUT2D eigenvalue weighted by molar-refractivity contribution is 0.236. The molecule has 0 fully saturated rings. The van der Waals surface area contributed by atoms with Crippen molar-refractivity contribution in [3.05, 3.63) is 23.3 Å². The Morgan fingerprint density at radius 2 is 1.85 bits per heavy atom. The predicted molar refractivity (Wildman–Crippen MR) is 123 cm³/mol. The summed E-state index contributed by atoms with van der Waals surface area (Å²) in [6, 6.07) is 4.75. The summed E-state index contributed by atoms with van der Waals surface area (Å²) in [5.41, 5.74) is 2.60. The van der Waals surface area contributed by atoms with Gasteiger partial charge in [0.25, 0.3) is 0 Å². The molecular formula is C20H35IN4O2. The number of aliphatic imine (C=N–C) groups is 1. The molecular weight excluding hydrogens is 455 g/mol. The molecule has 7 heteroatoms. The van der Waals surface area contributed by atoms with E-state index in [0.29, 0.717) is 6.04 Å². The maximum Gasteiger partial charge on any atom is 0.194 e. The third-order valence-corrected chi connectivity index (χ3v) is 5.05. The molecule has 0 saturated heterocycles. The van der Waals surface area contributed by atoms with Crippen molar-refractivity contribution < 1.29 is 9.47 Å². The van der Waals surface area contributed by atoms with Crippen LogP contribution >= 0.6 is 24.0 Å². The van der Waals surface area contributed by atoms with E-state index < -0.39 is 0 Å². The Morgan fingerprint density at radius 1 is 1.22 bits per heavy atom. The van der Waals surface area contributed by atoms with E-state index in [-0.39, 0.29) is 24.0 Å². The number of hydrogen-bond donors (Lipinski definition) is 1. The average Bonchev–Trinajstić information content (AvgIpc) is 2.66. The van der Waals surface area contributed by atoms with Crippen molar-refractivity contribution >= 4 is 29.9 Å². The van der Waals surface area contributed by atoms with Gasteiger partial charge in [-0.05, 0) is 50.1 Å². The second-order valence-electron chi connectivity index (χ2n) is 6.84. The Hall–Kier alpha value is -1.22. The summed E-state index contributed by atoms with van der Waals surface area (Å²) in [5.74, 6) is 2.55. The zero-order valence-corrected chi connectivity index (χ0v) is 19.9. The SMILES string of the molecule is CCN(CCNC(=NC)N1CCc2cc(OC)c(OC)cc2C1)C(C)C.I. The van der Waals surface area contributed by atoms with Gasteiger partial charge >= 0.3 is 0 Å². The van der Waals surface area contributed by atoms with E-state index in [2.05, 4.69) is 53.0 Å². The minimum absolute atomic E-state index is 0. The van der Waals surface area contributed by atoms with Gasteiger partial charge in [0, 0.05) is 39.3 Å². The summed E-state index contributed by atoms with van der Waals surface area (Å²) in [5, 5.41) is 3.52. The largest absolute Gasteiger partial charge is 0.493 e. The summed E-state index contributed by atoms with van der Waals surface area (Å²) in [6.45, 7) is 11.4. The van der Waals surface area contributed by atoms with Crippen LogP contribution < -0.4 is 14.8 Å². The number of rotatable bonds is 7. The molecule has 6 nitrogen and oxygen atoms in total. The fourth-order valence-electron chi connectivity index (χ4n) is 3.49. The number of hydrogen-bond acceptors (Lipinski definition) is 4. The minimum atomic E-state index is 0. The van der Waals surface area contributed by atoms with Gasteiger partial charge < -0.3 is 19.7 Å². The van der Waals surface area contributed by atoms with Crippen LogP contribution in [0.1, 0.15) is 31.9 Å². The fourth-order valence-corrected chi connectivity index (χ4v) is 3.49. The molecule has 1 aliphatic heterocycles. The van der Waals surface area contributed by atoms with E-state index in [1.807, 2.05) is 7.05 Å². The van der Waals surface area contributed by atoms with E-state index in [4.69, 9.17) is 9.47 Å². The highest BCUT2D eigenvalue weighted by molar-refractivity contribution is 14.0. The van der Waals surface area contributed by atoms with Gasteiger partial charge in [0.1, 0.15) is 0 Å². The lowest BCUT2D eigenvalue weighted by Gasteiger charge is -2.33. The van der Waals surface area contributed by atoms with E-state index in [1.165, 1.54) is 11.1 Å². The zero-order valence-electron chi connectivity index (χ0n) is 17.5. The molecule has 0 spiro atoms. The predicted octanol–water partition coefficient (Wildman–Crippen LogP) is 2.99. The Kier molecular flexibility index (Phi) is 10.2. The molecule has 0 aliphatic carbocycles. The number of nitrogens with zero attached hydrogens (tertiary/aromatic N) is 3. The van der Waals surface area contributed by atoms with Gasteiger partial charge in [-0.2, -0.15) is 0 Å². The summed E-state index contributed by atoms with van der Waals surface area (Å²) >= 11 is 0. The van der Waals surface area contributed by atoms with Gasteiger partial charge in [0.15, 0.2) is 17.5 Å². The molecule has 0 radical (unpaired) electrons. The van der Waals surface area contributed by atoms with Crippen molar-refractivity contribution in [3.8, 4) is 11.5 Å². The van der Waals surface area contributed by atoms with Crippen molar-refractivity contribution in [2.45, 2.75) is 39.8 Å². The second kappa shape index (κ2) is 11.6. The molecule has 0 unspecified atom stereocenters. The third kappa shape index (κ3) is 6.14. The summed E-state index contributed by atoms with van der Waals surface area (Å²) in [7, 11) is 5.22.